The highest BCUT2D eigenvalue weighted by molar-refractivity contribution is 5.22. The molecular formula is C14H21NO. The first-order valence-corrected chi connectivity index (χ1v) is 5.79. The summed E-state index contributed by atoms with van der Waals surface area (Å²) >= 11 is 0. The Balaban J connectivity index is 2.19. The van der Waals surface area contributed by atoms with E-state index in [0.717, 1.165) is 25.3 Å². The molecule has 2 heteroatoms. The van der Waals surface area contributed by atoms with Gasteiger partial charge in [0.15, 0.2) is 0 Å². The number of benzene rings is 1. The van der Waals surface area contributed by atoms with E-state index in [4.69, 9.17) is 4.74 Å². The highest BCUT2D eigenvalue weighted by atomic mass is 16.5. The van der Waals surface area contributed by atoms with Gasteiger partial charge in [0.25, 0.3) is 0 Å². The minimum absolute atomic E-state index is 0.683. The van der Waals surface area contributed by atoms with Gasteiger partial charge in [0.05, 0.1) is 5.76 Å². The summed E-state index contributed by atoms with van der Waals surface area (Å²) in [5, 5.41) is 3.33. The quantitative estimate of drug-likeness (QED) is 0.562. The summed E-state index contributed by atoms with van der Waals surface area (Å²) in [5.41, 5.74) is 2.70. The third kappa shape index (κ3) is 4.99. The number of hydrogen-bond donors (Lipinski definition) is 1. The second kappa shape index (κ2) is 7.07. The first-order valence-electron chi connectivity index (χ1n) is 5.79. The molecule has 88 valence electrons. The van der Waals surface area contributed by atoms with E-state index >= 15 is 0 Å². The monoisotopic (exact) mass is 219 g/mol. The smallest absolute Gasteiger partial charge is 0.100 e. The number of allylic oxidation sites excluding steroid dienone is 1. The largest absolute Gasteiger partial charge is 0.498 e. The van der Waals surface area contributed by atoms with Gasteiger partial charge in [-0.3, -0.25) is 0 Å². The zero-order valence-corrected chi connectivity index (χ0v) is 10.3. The zero-order chi connectivity index (χ0) is 11.8. The number of hydrogen-bond acceptors (Lipinski definition) is 2. The zero-order valence-electron chi connectivity index (χ0n) is 10.3. The molecule has 0 bridgehead atoms. The maximum Gasteiger partial charge on any atom is 0.100 e. The summed E-state index contributed by atoms with van der Waals surface area (Å²) in [4.78, 5) is 0. The molecule has 1 aromatic carbocycles. The SMILES string of the molecule is C=C(C)OCCNCc1ccc(CC)cc1. The van der Waals surface area contributed by atoms with Crippen LogP contribution in [0.2, 0.25) is 0 Å². The summed E-state index contributed by atoms with van der Waals surface area (Å²) in [5.74, 6) is 0.772. The van der Waals surface area contributed by atoms with E-state index in [2.05, 4.69) is 43.1 Å². The van der Waals surface area contributed by atoms with Crippen LogP contribution in [0.1, 0.15) is 25.0 Å². The lowest BCUT2D eigenvalue weighted by Crippen LogP contribution is -2.18. The van der Waals surface area contributed by atoms with Crippen molar-refractivity contribution in [1.82, 2.24) is 5.32 Å². The van der Waals surface area contributed by atoms with Crippen LogP contribution in [-0.4, -0.2) is 13.2 Å². The molecule has 16 heavy (non-hydrogen) atoms. The van der Waals surface area contributed by atoms with Gasteiger partial charge in [0, 0.05) is 13.1 Å². The lowest BCUT2D eigenvalue weighted by atomic mass is 10.1. The summed E-state index contributed by atoms with van der Waals surface area (Å²) < 4.78 is 5.26. The predicted octanol–water partition coefficient (Wildman–Crippen LogP) is 2.89. The molecule has 0 spiro atoms. The lowest BCUT2D eigenvalue weighted by molar-refractivity contribution is 0.216. The second-order valence-electron chi connectivity index (χ2n) is 3.90. The minimum atomic E-state index is 0.683. The van der Waals surface area contributed by atoms with E-state index in [9.17, 15) is 0 Å². The molecule has 0 saturated heterocycles. The Morgan fingerprint density at radius 1 is 1.25 bits per heavy atom. The van der Waals surface area contributed by atoms with Crippen molar-refractivity contribution >= 4 is 0 Å². The van der Waals surface area contributed by atoms with E-state index in [-0.39, 0.29) is 0 Å². The first-order chi connectivity index (χ1) is 7.72. The molecule has 0 amide bonds. The summed E-state index contributed by atoms with van der Waals surface area (Å²) in [7, 11) is 0. The van der Waals surface area contributed by atoms with Gasteiger partial charge in [-0.15, -0.1) is 0 Å². The van der Waals surface area contributed by atoms with Crippen LogP contribution in [-0.2, 0) is 17.7 Å². The van der Waals surface area contributed by atoms with Crippen LogP contribution < -0.4 is 5.32 Å². The van der Waals surface area contributed by atoms with Crippen molar-refractivity contribution in [3.8, 4) is 0 Å². The van der Waals surface area contributed by atoms with Crippen LogP contribution >= 0.6 is 0 Å². The van der Waals surface area contributed by atoms with Crippen LogP contribution in [0.3, 0.4) is 0 Å². The van der Waals surface area contributed by atoms with Crippen molar-refractivity contribution < 1.29 is 4.74 Å². The van der Waals surface area contributed by atoms with Crippen molar-refractivity contribution in [2.75, 3.05) is 13.2 Å². The van der Waals surface area contributed by atoms with Crippen LogP contribution in [0.4, 0.5) is 0 Å². The fourth-order valence-electron chi connectivity index (χ4n) is 1.42. The van der Waals surface area contributed by atoms with Gasteiger partial charge in [-0.1, -0.05) is 37.8 Å². The molecule has 2 nitrogen and oxygen atoms in total. The normalized spacial score (nSPS) is 10.1. The maximum absolute atomic E-state index is 5.26. The molecule has 0 saturated carbocycles. The molecule has 0 fully saturated rings. The van der Waals surface area contributed by atoms with Crippen molar-refractivity contribution in [1.29, 1.82) is 0 Å². The topological polar surface area (TPSA) is 21.3 Å². The van der Waals surface area contributed by atoms with E-state index in [1.807, 2.05) is 6.92 Å². The van der Waals surface area contributed by atoms with Gasteiger partial charge >= 0.3 is 0 Å². The van der Waals surface area contributed by atoms with Crippen LogP contribution in [0, 0.1) is 0 Å². The fraction of sp³-hybridized carbons (Fsp3) is 0.429. The molecule has 0 aliphatic heterocycles. The van der Waals surface area contributed by atoms with Gasteiger partial charge < -0.3 is 10.1 Å². The Bertz CT molecular complexity index is 316. The van der Waals surface area contributed by atoms with Gasteiger partial charge in [0.2, 0.25) is 0 Å². The van der Waals surface area contributed by atoms with Crippen LogP contribution in [0.15, 0.2) is 36.6 Å². The average molecular weight is 219 g/mol. The third-order valence-corrected chi connectivity index (χ3v) is 2.39. The molecular weight excluding hydrogens is 198 g/mol. The molecule has 0 heterocycles. The predicted molar refractivity (Wildman–Crippen MR) is 68.3 cm³/mol. The lowest BCUT2D eigenvalue weighted by Gasteiger charge is -2.07. The Kier molecular flexibility index (Phi) is 5.65. The van der Waals surface area contributed by atoms with Crippen molar-refractivity contribution in [2.24, 2.45) is 0 Å². The van der Waals surface area contributed by atoms with Crippen molar-refractivity contribution in [3.05, 3.63) is 47.7 Å². The van der Waals surface area contributed by atoms with E-state index < -0.39 is 0 Å². The number of rotatable bonds is 7. The Hall–Kier alpha value is -1.28. The standard InChI is InChI=1S/C14H21NO/c1-4-13-5-7-14(8-6-13)11-15-9-10-16-12(2)3/h5-8,15H,2,4,9-11H2,1,3H3. The third-order valence-electron chi connectivity index (χ3n) is 2.39. The van der Waals surface area contributed by atoms with Crippen molar-refractivity contribution in [3.63, 3.8) is 0 Å². The fourth-order valence-corrected chi connectivity index (χ4v) is 1.42. The maximum atomic E-state index is 5.26. The number of nitrogens with one attached hydrogen (secondary N) is 1. The van der Waals surface area contributed by atoms with Gasteiger partial charge in [-0.05, 0) is 24.5 Å². The molecule has 1 N–H and O–H groups in total. The second-order valence-corrected chi connectivity index (χ2v) is 3.90. The first kappa shape index (κ1) is 12.8. The highest BCUT2D eigenvalue weighted by Gasteiger charge is 1.93. The molecule has 0 radical (unpaired) electrons. The molecule has 0 aromatic heterocycles. The van der Waals surface area contributed by atoms with Gasteiger partial charge in [-0.2, -0.15) is 0 Å². The number of ether oxygens (including phenoxy) is 1. The highest BCUT2D eigenvalue weighted by Crippen LogP contribution is 2.04. The molecule has 0 unspecified atom stereocenters. The molecule has 0 aliphatic carbocycles. The molecule has 1 rings (SSSR count). The van der Waals surface area contributed by atoms with Crippen molar-refractivity contribution in [2.45, 2.75) is 26.8 Å². The average Bonchev–Trinajstić information content (AvgIpc) is 2.29. The van der Waals surface area contributed by atoms with Gasteiger partial charge in [-0.25, -0.2) is 0 Å². The van der Waals surface area contributed by atoms with E-state index in [0.29, 0.717) is 6.61 Å². The number of aryl methyl sites for hydroxylation is 1. The molecule has 0 atom stereocenters. The molecule has 0 aliphatic rings. The van der Waals surface area contributed by atoms with E-state index in [1.54, 1.807) is 0 Å². The van der Waals surface area contributed by atoms with Crippen LogP contribution in [0.25, 0.3) is 0 Å². The minimum Gasteiger partial charge on any atom is -0.498 e. The molecule has 1 aromatic rings. The summed E-state index contributed by atoms with van der Waals surface area (Å²) in [6, 6.07) is 8.71. The van der Waals surface area contributed by atoms with E-state index in [1.165, 1.54) is 11.1 Å². The Morgan fingerprint density at radius 3 is 2.44 bits per heavy atom. The summed E-state index contributed by atoms with van der Waals surface area (Å²) in [6.45, 7) is 10.1. The summed E-state index contributed by atoms with van der Waals surface area (Å²) in [6.07, 6.45) is 1.10. The van der Waals surface area contributed by atoms with Crippen LogP contribution in [0.5, 0.6) is 0 Å². The Morgan fingerprint density at radius 2 is 1.88 bits per heavy atom. The Labute approximate surface area is 98.3 Å². The van der Waals surface area contributed by atoms with Gasteiger partial charge in [0.1, 0.15) is 6.61 Å².